The van der Waals surface area contributed by atoms with Gasteiger partial charge in [-0.25, -0.2) is 0 Å². The van der Waals surface area contributed by atoms with Gasteiger partial charge in [-0.1, -0.05) is 18.2 Å². The molecule has 0 bridgehead atoms. The first-order valence-corrected chi connectivity index (χ1v) is 6.96. The molecule has 2 nitrogen and oxygen atoms in total. The molecule has 1 aromatic carbocycles. The average Bonchev–Trinajstić information content (AvgIpc) is 3.15. The van der Waals surface area contributed by atoms with E-state index in [9.17, 15) is 0 Å². The molecule has 2 aromatic rings. The number of nitrogens with two attached hydrogens (primary N) is 1. The third kappa shape index (κ3) is 2.05. The summed E-state index contributed by atoms with van der Waals surface area (Å²) in [6.45, 7) is 0. The second-order valence-corrected chi connectivity index (χ2v) is 5.84. The summed E-state index contributed by atoms with van der Waals surface area (Å²) in [7, 11) is 0. The zero-order valence-electron chi connectivity index (χ0n) is 9.97. The smallest absolute Gasteiger partial charge is 0.0998 e. The molecule has 0 spiro atoms. The van der Waals surface area contributed by atoms with Gasteiger partial charge < -0.3 is 5.73 Å². The van der Waals surface area contributed by atoms with Gasteiger partial charge in [-0.3, -0.25) is 0 Å². The minimum atomic E-state index is 0.179. The Balaban J connectivity index is 1.95. The van der Waals surface area contributed by atoms with E-state index in [-0.39, 0.29) is 6.04 Å². The van der Waals surface area contributed by atoms with Crippen molar-refractivity contribution < 1.29 is 0 Å². The van der Waals surface area contributed by atoms with E-state index < -0.39 is 0 Å². The largest absolute Gasteiger partial charge is 0.323 e. The van der Waals surface area contributed by atoms with E-state index >= 15 is 0 Å². The van der Waals surface area contributed by atoms with Crippen LogP contribution in [-0.4, -0.2) is 0 Å². The molecule has 18 heavy (non-hydrogen) atoms. The summed E-state index contributed by atoms with van der Waals surface area (Å²) in [5.41, 5.74) is 7.95. The number of benzene rings is 1. The highest BCUT2D eigenvalue weighted by atomic mass is 32.1. The second kappa shape index (κ2) is 4.56. The molecule has 0 saturated heterocycles. The van der Waals surface area contributed by atoms with Crippen LogP contribution >= 0.6 is 11.3 Å². The molecular formula is C15H14N2S. The highest BCUT2D eigenvalue weighted by Crippen LogP contribution is 2.43. The van der Waals surface area contributed by atoms with Crippen molar-refractivity contribution >= 4 is 11.3 Å². The van der Waals surface area contributed by atoms with Gasteiger partial charge in [0.1, 0.15) is 0 Å². The molecule has 0 amide bonds. The normalized spacial score (nSPS) is 16.2. The topological polar surface area (TPSA) is 49.8 Å². The van der Waals surface area contributed by atoms with Crippen LogP contribution in [-0.2, 0) is 0 Å². The van der Waals surface area contributed by atoms with Crippen LogP contribution in [0.3, 0.4) is 0 Å². The molecule has 0 aliphatic heterocycles. The Bertz CT molecular complexity index is 605. The quantitative estimate of drug-likeness (QED) is 0.908. The summed E-state index contributed by atoms with van der Waals surface area (Å²) >= 11 is 1.72. The van der Waals surface area contributed by atoms with E-state index in [4.69, 9.17) is 11.0 Å². The maximum atomic E-state index is 9.12. The van der Waals surface area contributed by atoms with Crippen molar-refractivity contribution in [2.24, 2.45) is 11.7 Å². The first-order chi connectivity index (χ1) is 8.79. The lowest BCUT2D eigenvalue weighted by Crippen LogP contribution is -2.10. The van der Waals surface area contributed by atoms with Crippen LogP contribution in [0.25, 0.3) is 10.4 Å². The number of thiophene rings is 1. The Hall–Kier alpha value is -1.63. The van der Waals surface area contributed by atoms with Gasteiger partial charge in [0.05, 0.1) is 11.6 Å². The predicted molar refractivity (Wildman–Crippen MR) is 74.1 cm³/mol. The van der Waals surface area contributed by atoms with Gasteiger partial charge in [0.15, 0.2) is 0 Å². The van der Waals surface area contributed by atoms with Gasteiger partial charge in [0.25, 0.3) is 0 Å². The number of rotatable bonds is 3. The number of hydrogen-bond acceptors (Lipinski definition) is 3. The zero-order chi connectivity index (χ0) is 12.5. The fourth-order valence-corrected chi connectivity index (χ4v) is 3.30. The minimum Gasteiger partial charge on any atom is -0.323 e. The molecule has 1 aromatic heterocycles. The van der Waals surface area contributed by atoms with Crippen molar-refractivity contribution in [3.63, 3.8) is 0 Å². The summed E-state index contributed by atoms with van der Waals surface area (Å²) < 4.78 is 0. The van der Waals surface area contributed by atoms with Crippen LogP contribution in [0.2, 0.25) is 0 Å². The van der Waals surface area contributed by atoms with Crippen molar-refractivity contribution in [1.29, 1.82) is 5.26 Å². The van der Waals surface area contributed by atoms with Crippen molar-refractivity contribution in [3.8, 4) is 16.5 Å². The molecule has 3 rings (SSSR count). The molecule has 1 fully saturated rings. The standard InChI is InChI=1S/C15H14N2S/c16-9-11-3-1-2-4-12(11)13-7-8-14(18-13)15(17)10-5-6-10/h1-4,7-8,10,15H,5-6,17H2/t15-/m1/s1. The van der Waals surface area contributed by atoms with Gasteiger partial charge in [0, 0.05) is 21.4 Å². The molecule has 2 N–H and O–H groups in total. The van der Waals surface area contributed by atoms with Gasteiger partial charge in [-0.05, 0) is 37.0 Å². The second-order valence-electron chi connectivity index (χ2n) is 4.72. The molecule has 3 heteroatoms. The van der Waals surface area contributed by atoms with E-state index in [2.05, 4.69) is 18.2 Å². The van der Waals surface area contributed by atoms with E-state index in [0.29, 0.717) is 5.92 Å². The molecule has 0 radical (unpaired) electrons. The molecular weight excluding hydrogens is 240 g/mol. The number of hydrogen-bond donors (Lipinski definition) is 1. The van der Waals surface area contributed by atoms with Gasteiger partial charge in [0.2, 0.25) is 0 Å². The summed E-state index contributed by atoms with van der Waals surface area (Å²) in [5, 5.41) is 9.12. The Labute approximate surface area is 111 Å². The number of nitrogens with zero attached hydrogens (tertiary/aromatic N) is 1. The maximum Gasteiger partial charge on any atom is 0.0998 e. The van der Waals surface area contributed by atoms with Crippen LogP contribution in [0.1, 0.15) is 29.3 Å². The van der Waals surface area contributed by atoms with Crippen LogP contribution in [0.5, 0.6) is 0 Å². The third-order valence-electron chi connectivity index (χ3n) is 3.40. The monoisotopic (exact) mass is 254 g/mol. The summed E-state index contributed by atoms with van der Waals surface area (Å²) in [5.74, 6) is 0.669. The van der Waals surface area contributed by atoms with Crippen LogP contribution in [0.4, 0.5) is 0 Å². The molecule has 1 atom stereocenters. The van der Waals surface area contributed by atoms with E-state index in [1.165, 1.54) is 17.7 Å². The van der Waals surface area contributed by atoms with Gasteiger partial charge in [-0.15, -0.1) is 11.3 Å². The minimum absolute atomic E-state index is 0.179. The molecule has 1 heterocycles. The lowest BCUT2D eigenvalue weighted by molar-refractivity contribution is 0.645. The summed E-state index contributed by atoms with van der Waals surface area (Å²) in [6, 6.07) is 14.3. The number of nitriles is 1. The Morgan fingerprint density at radius 2 is 2.00 bits per heavy atom. The fourth-order valence-electron chi connectivity index (χ4n) is 2.16. The van der Waals surface area contributed by atoms with Crippen molar-refractivity contribution in [1.82, 2.24) is 0 Å². The fraction of sp³-hybridized carbons (Fsp3) is 0.267. The van der Waals surface area contributed by atoms with Gasteiger partial charge >= 0.3 is 0 Å². The van der Waals surface area contributed by atoms with Crippen LogP contribution < -0.4 is 5.73 Å². The highest BCUT2D eigenvalue weighted by Gasteiger charge is 2.30. The van der Waals surface area contributed by atoms with Crippen molar-refractivity contribution in [2.45, 2.75) is 18.9 Å². The maximum absolute atomic E-state index is 9.12. The van der Waals surface area contributed by atoms with Crippen LogP contribution in [0, 0.1) is 17.2 Å². The molecule has 1 aliphatic carbocycles. The van der Waals surface area contributed by atoms with Crippen molar-refractivity contribution in [2.75, 3.05) is 0 Å². The van der Waals surface area contributed by atoms with E-state index in [0.717, 1.165) is 16.0 Å². The zero-order valence-corrected chi connectivity index (χ0v) is 10.8. The summed E-state index contributed by atoms with van der Waals surface area (Å²) in [6.07, 6.45) is 2.51. The Kier molecular flexibility index (Phi) is 2.91. The third-order valence-corrected chi connectivity index (χ3v) is 4.62. The lowest BCUT2D eigenvalue weighted by Gasteiger charge is -2.06. The predicted octanol–water partition coefficient (Wildman–Crippen LogP) is 3.70. The van der Waals surface area contributed by atoms with E-state index in [1.54, 1.807) is 11.3 Å². The average molecular weight is 254 g/mol. The lowest BCUT2D eigenvalue weighted by atomic mass is 10.1. The van der Waals surface area contributed by atoms with Crippen molar-refractivity contribution in [3.05, 3.63) is 46.8 Å². The van der Waals surface area contributed by atoms with Gasteiger partial charge in [-0.2, -0.15) is 5.26 Å². The SMILES string of the molecule is N#Cc1ccccc1-c1ccc([C@H](N)C2CC2)s1. The first kappa shape index (κ1) is 11.5. The highest BCUT2D eigenvalue weighted by molar-refractivity contribution is 7.15. The first-order valence-electron chi connectivity index (χ1n) is 6.14. The Morgan fingerprint density at radius 3 is 2.72 bits per heavy atom. The molecule has 90 valence electrons. The molecule has 1 aliphatic rings. The molecule has 1 saturated carbocycles. The summed E-state index contributed by atoms with van der Waals surface area (Å²) in [4.78, 5) is 2.37. The Morgan fingerprint density at radius 1 is 1.22 bits per heavy atom. The van der Waals surface area contributed by atoms with E-state index in [1.807, 2.05) is 24.3 Å². The van der Waals surface area contributed by atoms with Crippen LogP contribution in [0.15, 0.2) is 36.4 Å². The molecule has 0 unspecified atom stereocenters.